The zero-order chi connectivity index (χ0) is 77.1. The Morgan fingerprint density at radius 3 is 1.24 bits per heavy atom. The van der Waals surface area contributed by atoms with Crippen LogP contribution >= 0.6 is 0 Å². The van der Waals surface area contributed by atoms with E-state index in [2.05, 4.69) is 182 Å². The number of likely N-dealkylation sites (N-methyl/N-ethyl adjacent to an activating group) is 2. The summed E-state index contributed by atoms with van der Waals surface area (Å²) in [5.74, 6) is 6.29. The molecular weight excluding hydrogens is 1290 g/mol. The minimum Gasteiger partial charge on any atom is -0.465 e. The first-order chi connectivity index (χ1) is 47.8. The molecular formula is C84H163N11O8. The first kappa shape index (κ1) is 91.1. The fourth-order valence-electron chi connectivity index (χ4n) is 17.1. The van der Waals surface area contributed by atoms with Gasteiger partial charge >= 0.3 is 12.1 Å². The van der Waals surface area contributed by atoms with Gasteiger partial charge in [0, 0.05) is 76.7 Å². The van der Waals surface area contributed by atoms with Crippen molar-refractivity contribution >= 4 is 12.1 Å². The SMILES string of the molecule is CC(C)(C)C1CCN(CC(N)CO)CC1.CC(C)(C)C1CCN(C[C@@H]2COC(=O)C2)CC1.CC(C1COC(C)(C)O1)N1CCC(C(C)(C)C)CC1.CN(C)C(CO)CN1CCC(C(C)(C)C)CC1.CN1C(=O)OC[C@H]1CN1CCC(C(C)(C)C)CC1.Cn1ccnc1CN1CCC(C(C)(C)C)CC1. The molecule has 602 valence electrons. The number of carbonyl (C=O) groups excluding carboxylic acids is 2. The Hall–Kier alpha value is -2.53. The highest BCUT2D eigenvalue weighted by atomic mass is 16.7. The van der Waals surface area contributed by atoms with Gasteiger partial charge in [0.25, 0.3) is 0 Å². The van der Waals surface area contributed by atoms with E-state index in [0.717, 1.165) is 101 Å². The van der Waals surface area contributed by atoms with Gasteiger partial charge in [-0.05, 0) is 258 Å². The van der Waals surface area contributed by atoms with Gasteiger partial charge in [-0.3, -0.25) is 14.6 Å². The van der Waals surface area contributed by atoms with Gasteiger partial charge < -0.3 is 68.9 Å². The Bertz CT molecular complexity index is 2510. The van der Waals surface area contributed by atoms with Crippen molar-refractivity contribution in [3.05, 3.63) is 18.2 Å². The summed E-state index contributed by atoms with van der Waals surface area (Å²) in [6.07, 6.45) is 20.1. The molecule has 4 N–H and O–H groups in total. The first-order valence-corrected chi connectivity index (χ1v) is 41.1. The summed E-state index contributed by atoms with van der Waals surface area (Å²) in [4.78, 5) is 45.6. The van der Waals surface area contributed by atoms with Crippen LogP contribution < -0.4 is 5.73 Å². The lowest BCUT2D eigenvalue weighted by molar-refractivity contribution is -0.146. The van der Waals surface area contributed by atoms with Crippen LogP contribution in [0.15, 0.2) is 12.4 Å². The number of hydrogen-bond acceptors (Lipinski definition) is 17. The van der Waals surface area contributed by atoms with Crippen LogP contribution in [-0.4, -0.2) is 266 Å². The van der Waals surface area contributed by atoms with Crippen LogP contribution in [0.1, 0.15) is 235 Å². The van der Waals surface area contributed by atoms with Crippen molar-refractivity contribution < 1.29 is 38.7 Å². The molecule has 0 saturated carbocycles. The quantitative estimate of drug-likeness (QED) is 0.141. The maximum atomic E-state index is 11.3. The van der Waals surface area contributed by atoms with Crippen LogP contribution in [0, 0.1) is 73.9 Å². The van der Waals surface area contributed by atoms with Crippen molar-refractivity contribution in [2.24, 2.45) is 86.7 Å². The summed E-state index contributed by atoms with van der Waals surface area (Å²) in [6, 6.07) is 0.906. The molecule has 9 saturated heterocycles. The summed E-state index contributed by atoms with van der Waals surface area (Å²) in [7, 11) is 8.00. The van der Waals surface area contributed by atoms with Crippen LogP contribution in [0.2, 0.25) is 0 Å². The van der Waals surface area contributed by atoms with Gasteiger partial charge in [0.1, 0.15) is 12.4 Å². The average molecular weight is 1460 g/mol. The minimum atomic E-state index is -0.400. The smallest absolute Gasteiger partial charge is 0.409 e. The summed E-state index contributed by atoms with van der Waals surface area (Å²) in [6.45, 7) is 69.8. The lowest BCUT2D eigenvalue weighted by Crippen LogP contribution is -2.48. The molecule has 9 fully saturated rings. The molecule has 1 aromatic heterocycles. The third-order valence-electron chi connectivity index (χ3n) is 25.5. The third kappa shape index (κ3) is 31.8. The zero-order valence-electron chi connectivity index (χ0n) is 71.2. The second kappa shape index (κ2) is 40.9. The van der Waals surface area contributed by atoms with Crippen molar-refractivity contribution in [2.45, 2.75) is 271 Å². The molecule has 6 atom stereocenters. The van der Waals surface area contributed by atoms with Gasteiger partial charge in [-0.2, -0.15) is 0 Å². The van der Waals surface area contributed by atoms with E-state index in [1.54, 1.807) is 4.90 Å². The summed E-state index contributed by atoms with van der Waals surface area (Å²) >= 11 is 0. The Balaban J connectivity index is 0.000000223. The number of nitrogens with zero attached hydrogens (tertiary/aromatic N) is 10. The van der Waals surface area contributed by atoms with Crippen LogP contribution in [0.3, 0.4) is 0 Å². The van der Waals surface area contributed by atoms with E-state index < -0.39 is 5.79 Å². The van der Waals surface area contributed by atoms with Gasteiger partial charge in [-0.1, -0.05) is 125 Å². The molecule has 0 spiro atoms. The van der Waals surface area contributed by atoms with E-state index in [-0.39, 0.29) is 49.5 Å². The van der Waals surface area contributed by atoms with Crippen molar-refractivity contribution in [1.29, 1.82) is 0 Å². The van der Waals surface area contributed by atoms with Crippen molar-refractivity contribution in [3.63, 3.8) is 0 Å². The fraction of sp³-hybridized carbons (Fsp3) is 0.940. The Morgan fingerprint density at radius 1 is 0.534 bits per heavy atom. The van der Waals surface area contributed by atoms with E-state index in [1.165, 1.54) is 135 Å². The molecule has 10 rings (SSSR count). The molecule has 1 amide bonds. The fourth-order valence-corrected chi connectivity index (χ4v) is 17.1. The van der Waals surface area contributed by atoms with Crippen molar-refractivity contribution in [1.82, 2.24) is 48.8 Å². The molecule has 103 heavy (non-hydrogen) atoms. The van der Waals surface area contributed by atoms with Crippen LogP contribution in [0.25, 0.3) is 0 Å². The number of rotatable bonds is 15. The van der Waals surface area contributed by atoms with Gasteiger partial charge in [-0.15, -0.1) is 0 Å². The number of aliphatic hydroxyl groups is 2. The number of aliphatic hydroxyl groups excluding tert-OH is 2. The zero-order valence-corrected chi connectivity index (χ0v) is 71.2. The maximum Gasteiger partial charge on any atom is 0.409 e. The van der Waals surface area contributed by atoms with Gasteiger partial charge in [-0.25, -0.2) is 9.78 Å². The third-order valence-corrected chi connectivity index (χ3v) is 25.5. The number of nitrogens with two attached hydrogens (primary N) is 1. The normalized spacial score (nSPS) is 25.6. The number of hydrogen-bond donors (Lipinski definition) is 3. The Kier molecular flexibility index (Phi) is 36.2. The summed E-state index contributed by atoms with van der Waals surface area (Å²) < 4.78 is 23.9. The van der Waals surface area contributed by atoms with E-state index in [9.17, 15) is 14.7 Å². The lowest BCUT2D eigenvalue weighted by Gasteiger charge is -2.42. The van der Waals surface area contributed by atoms with Crippen LogP contribution in [0.4, 0.5) is 4.79 Å². The number of amides is 1. The maximum absolute atomic E-state index is 11.3. The number of aryl methyl sites for hydroxylation is 1. The molecule has 9 aliphatic rings. The first-order valence-electron chi connectivity index (χ1n) is 41.1. The van der Waals surface area contributed by atoms with Crippen LogP contribution in [0.5, 0.6) is 0 Å². The summed E-state index contributed by atoms with van der Waals surface area (Å²) in [5.41, 5.74) is 8.40. The standard InChI is InChI=1S/C16H31NO2.C14H25N3.C14H26N2O2.C14H30N2O.C14H25NO2.C12H26N2O/c1-12(14-11-18-16(5,6)19-14)17-9-7-13(8-10-17)15(2,3)4;1-14(2,3)12-5-8-17(9-6-12)11-13-15-7-10-16(13)4;1-14(2,3)11-5-7-16(8-6-11)9-12-10-18-13(17)15(12)4;1-14(2,3)12-6-8-16(9-7-12)10-13(11-17)15(4)5;1-14(2,3)12-4-6-15(7-5-12)9-11-8-13(16)17-10-11;1-12(2,3)10-4-6-14(7-5-10)8-11(13)9-15/h12-14H,7-11H2,1-6H3;7,10,12H,5-6,8-9,11H2,1-4H3;11-12H,5-10H2,1-4H3;12-13,17H,6-11H2,1-5H3;11-12H,4-10H2,1-3H3;10-11,15H,4-9,13H2,1-3H3/t;;12-;;11-;/m..1.1./s1. The Labute approximate surface area is 631 Å². The number of ether oxygens (including phenoxy) is 4. The van der Waals surface area contributed by atoms with E-state index in [0.29, 0.717) is 64.1 Å². The highest BCUT2D eigenvalue weighted by Gasteiger charge is 2.41. The number of piperidine rings is 6. The average Bonchev–Trinajstić information content (AvgIpc) is 1.77. The predicted octanol–water partition coefficient (Wildman–Crippen LogP) is 13.2. The second-order valence-electron chi connectivity index (χ2n) is 40.3. The van der Waals surface area contributed by atoms with Gasteiger partial charge in [0.15, 0.2) is 5.79 Å². The molecule has 0 aromatic carbocycles. The summed E-state index contributed by atoms with van der Waals surface area (Å²) in [5, 5.41) is 18.2. The minimum absolute atomic E-state index is 0.0143. The highest BCUT2D eigenvalue weighted by Crippen LogP contribution is 2.40. The van der Waals surface area contributed by atoms with E-state index in [1.807, 2.05) is 47.4 Å². The molecule has 10 heterocycles. The highest BCUT2D eigenvalue weighted by molar-refractivity contribution is 5.71. The molecule has 0 bridgehead atoms. The second-order valence-corrected chi connectivity index (χ2v) is 40.3. The predicted molar refractivity (Wildman–Crippen MR) is 425 cm³/mol. The molecule has 19 nitrogen and oxygen atoms in total. The lowest BCUT2D eigenvalue weighted by atomic mass is 9.75. The molecule has 4 unspecified atom stereocenters. The number of imidazole rings is 1. The number of cyclic esters (lactones) is 2. The van der Waals surface area contributed by atoms with Crippen LogP contribution in [-0.2, 0) is 37.3 Å². The van der Waals surface area contributed by atoms with E-state index >= 15 is 0 Å². The van der Waals surface area contributed by atoms with Crippen molar-refractivity contribution in [3.8, 4) is 0 Å². The van der Waals surface area contributed by atoms with E-state index in [4.69, 9.17) is 29.8 Å². The topological polar surface area (TPSA) is 181 Å². The largest absolute Gasteiger partial charge is 0.465 e. The number of likely N-dealkylation sites (tertiary alicyclic amines) is 6. The number of esters is 1. The van der Waals surface area contributed by atoms with Crippen molar-refractivity contribution in [2.75, 3.05) is 159 Å². The molecule has 19 heteroatoms. The van der Waals surface area contributed by atoms with Gasteiger partial charge in [0.2, 0.25) is 0 Å². The molecule has 0 radical (unpaired) electrons. The molecule has 0 aliphatic carbocycles. The Morgan fingerprint density at radius 2 is 0.922 bits per heavy atom. The van der Waals surface area contributed by atoms with Gasteiger partial charge in [0.05, 0.1) is 51.5 Å². The number of carbonyl (C=O) groups is 2. The molecule has 9 aliphatic heterocycles. The number of aromatic nitrogens is 2. The molecule has 1 aromatic rings. The monoisotopic (exact) mass is 1450 g/mol.